The van der Waals surface area contributed by atoms with Gasteiger partial charge in [0.2, 0.25) is 0 Å². The van der Waals surface area contributed by atoms with E-state index in [9.17, 15) is 30.0 Å². The summed E-state index contributed by atoms with van der Waals surface area (Å²) in [5, 5.41) is 45.6. The molecule has 0 bridgehead atoms. The lowest BCUT2D eigenvalue weighted by atomic mass is 9.74. The van der Waals surface area contributed by atoms with E-state index < -0.39 is 102 Å². The van der Waals surface area contributed by atoms with Crippen LogP contribution in [-0.2, 0) is 42.7 Å². The van der Waals surface area contributed by atoms with E-state index in [2.05, 4.69) is 0 Å². The Kier molecular flexibility index (Phi) is 15.3. The summed E-state index contributed by atoms with van der Waals surface area (Å²) in [6.07, 6.45) is -8.73. The first-order valence-corrected chi connectivity index (χ1v) is 18.9. The van der Waals surface area contributed by atoms with E-state index in [4.69, 9.17) is 33.2 Å². The minimum Gasteiger partial charge on any atom is -0.459 e. The van der Waals surface area contributed by atoms with Crippen molar-refractivity contribution in [2.24, 2.45) is 23.7 Å². The molecule has 3 aliphatic rings. The summed E-state index contributed by atoms with van der Waals surface area (Å²) in [6.45, 7) is 17.1. The molecule has 18 atom stereocenters. The molecule has 0 amide bonds. The van der Waals surface area contributed by atoms with Gasteiger partial charge in [0.15, 0.2) is 12.6 Å². The molecule has 0 radical (unpaired) electrons. The zero-order valence-electron chi connectivity index (χ0n) is 33.9. The Morgan fingerprint density at radius 3 is 1.98 bits per heavy atom. The van der Waals surface area contributed by atoms with Crippen molar-refractivity contribution in [1.29, 1.82) is 0 Å². The number of aliphatic hydroxyl groups is 4. The Bertz CT molecular complexity index is 1190. The maximum atomic E-state index is 14.2. The number of aliphatic hydroxyl groups excluding tert-OH is 3. The van der Waals surface area contributed by atoms with Gasteiger partial charge in [0.1, 0.15) is 29.7 Å². The number of nitrogens with zero attached hydrogens (tertiary/aromatic N) is 1. The number of esters is 1. The lowest BCUT2D eigenvalue weighted by Crippen LogP contribution is -2.61. The Morgan fingerprint density at radius 2 is 1.44 bits per heavy atom. The van der Waals surface area contributed by atoms with Gasteiger partial charge in [-0.15, -0.1) is 0 Å². The van der Waals surface area contributed by atoms with Crippen LogP contribution in [0.15, 0.2) is 0 Å². The number of ketones is 1. The van der Waals surface area contributed by atoms with Crippen LogP contribution in [0.1, 0.15) is 94.9 Å². The average Bonchev–Trinajstić information content (AvgIpc) is 3.09. The molecule has 0 aromatic carbocycles. The standard InChI is InChI=1S/C38H69NO13/c1-15-26-38(10,45)31(42)21(4)28(40)19(2)17-37(9,47-14)33(52-35-29(41)25(39(11)12)16-20(3)48-35)22(5)30(23(6)34(44)50-26)51-27-18-36(8,46-13)32(43)24(7)49-27/h19-27,29-33,35,41-43,45H,15-18H2,1-14H3/t19-,20-,21?,22+,23-,24+,25+,26-,27+,29-,30+,31-,32+,33-,35+,36-,37-,38-/m1/s1. The molecule has 1 unspecified atom stereocenters. The molecule has 0 aromatic heterocycles. The molecular weight excluding hydrogens is 678 g/mol. The van der Waals surface area contributed by atoms with E-state index in [1.807, 2.05) is 32.8 Å². The number of hydrogen-bond acceptors (Lipinski definition) is 14. The second-order valence-electron chi connectivity index (χ2n) is 16.6. The molecule has 0 spiro atoms. The summed E-state index contributed by atoms with van der Waals surface area (Å²) in [4.78, 5) is 30.1. The zero-order chi connectivity index (χ0) is 39.7. The summed E-state index contributed by atoms with van der Waals surface area (Å²) < 4.78 is 43.9. The van der Waals surface area contributed by atoms with Crippen LogP contribution in [0.3, 0.4) is 0 Å². The van der Waals surface area contributed by atoms with Crippen LogP contribution in [0.5, 0.6) is 0 Å². The summed E-state index contributed by atoms with van der Waals surface area (Å²) in [5.41, 5.74) is -4.24. The molecule has 0 aliphatic carbocycles. The Labute approximate surface area is 310 Å². The van der Waals surface area contributed by atoms with Crippen LogP contribution < -0.4 is 0 Å². The number of cyclic esters (lactones) is 1. The fourth-order valence-corrected chi connectivity index (χ4v) is 8.58. The first-order valence-electron chi connectivity index (χ1n) is 18.9. The van der Waals surface area contributed by atoms with Gasteiger partial charge in [0.25, 0.3) is 0 Å². The van der Waals surface area contributed by atoms with Crippen molar-refractivity contribution >= 4 is 11.8 Å². The smallest absolute Gasteiger partial charge is 0.311 e. The summed E-state index contributed by atoms with van der Waals surface area (Å²) >= 11 is 0. The van der Waals surface area contributed by atoms with Crippen molar-refractivity contribution in [3.8, 4) is 0 Å². The molecule has 3 rings (SSSR count). The second kappa shape index (κ2) is 17.7. The Hall–Kier alpha value is -1.30. The molecule has 14 nitrogen and oxygen atoms in total. The van der Waals surface area contributed by atoms with E-state index in [0.29, 0.717) is 6.42 Å². The van der Waals surface area contributed by atoms with Gasteiger partial charge in [-0.05, 0) is 74.9 Å². The zero-order valence-corrected chi connectivity index (χ0v) is 33.9. The van der Waals surface area contributed by atoms with Crippen LogP contribution in [0, 0.1) is 23.7 Å². The number of carbonyl (C=O) groups is 2. The Morgan fingerprint density at radius 1 is 0.846 bits per heavy atom. The third-order valence-corrected chi connectivity index (χ3v) is 12.3. The number of hydrogen-bond donors (Lipinski definition) is 4. The van der Waals surface area contributed by atoms with E-state index in [1.165, 1.54) is 21.1 Å². The molecule has 0 aromatic rings. The minimum absolute atomic E-state index is 0.111. The van der Waals surface area contributed by atoms with E-state index in [1.54, 1.807) is 48.5 Å². The van der Waals surface area contributed by atoms with Gasteiger partial charge in [0, 0.05) is 44.4 Å². The average molecular weight is 748 g/mol. The summed E-state index contributed by atoms with van der Waals surface area (Å²) in [5.74, 6) is -4.47. The third-order valence-electron chi connectivity index (χ3n) is 12.3. The van der Waals surface area contributed by atoms with Crippen molar-refractivity contribution in [3.63, 3.8) is 0 Å². The number of carbonyl (C=O) groups excluding carboxylic acids is 2. The summed E-state index contributed by atoms with van der Waals surface area (Å²) in [6, 6.07) is -0.283. The molecule has 14 heteroatoms. The maximum absolute atomic E-state index is 14.2. The van der Waals surface area contributed by atoms with Gasteiger partial charge in [-0.2, -0.15) is 0 Å². The molecule has 0 saturated carbocycles. The van der Waals surface area contributed by atoms with Gasteiger partial charge in [-0.1, -0.05) is 27.7 Å². The van der Waals surface area contributed by atoms with Gasteiger partial charge in [-0.3, -0.25) is 9.59 Å². The van der Waals surface area contributed by atoms with Crippen LogP contribution >= 0.6 is 0 Å². The SMILES string of the molecule is CC[C@H]1OC(=O)[C@H](C)[C@@H](O[C@H]2C[C@@](C)(OC)[C@@H](O)[C@H](C)O2)[C@H](C)[C@@H](O[C@@H]2O[C@H](C)C[C@H](N(C)C)[C@H]2O)[C@](C)(OC)C[C@@H](C)C(=O)C(C)[C@@H](O)[C@]1(C)O. The first kappa shape index (κ1) is 45.1. The van der Waals surface area contributed by atoms with E-state index >= 15 is 0 Å². The topological polar surface area (TPSA) is 183 Å². The molecule has 3 aliphatic heterocycles. The monoisotopic (exact) mass is 747 g/mol. The van der Waals surface area contributed by atoms with Gasteiger partial charge in [0.05, 0.1) is 47.6 Å². The maximum Gasteiger partial charge on any atom is 0.311 e. The van der Waals surface area contributed by atoms with Crippen molar-refractivity contribution in [2.75, 3.05) is 28.3 Å². The number of methoxy groups -OCH3 is 2. The second-order valence-corrected chi connectivity index (χ2v) is 16.6. The van der Waals surface area contributed by atoms with Crippen molar-refractivity contribution in [2.45, 2.75) is 179 Å². The molecule has 4 N–H and O–H groups in total. The van der Waals surface area contributed by atoms with E-state index in [0.717, 1.165) is 0 Å². The minimum atomic E-state index is -1.96. The quantitative estimate of drug-likeness (QED) is 0.266. The predicted octanol–water partition coefficient (Wildman–Crippen LogP) is 2.44. The number of ether oxygens (including phenoxy) is 7. The van der Waals surface area contributed by atoms with Gasteiger partial charge >= 0.3 is 5.97 Å². The molecule has 304 valence electrons. The highest BCUT2D eigenvalue weighted by molar-refractivity contribution is 5.83. The van der Waals surface area contributed by atoms with E-state index in [-0.39, 0.29) is 37.2 Å². The lowest BCUT2D eigenvalue weighted by molar-refractivity contribution is -0.319. The molecule has 3 heterocycles. The highest BCUT2D eigenvalue weighted by Gasteiger charge is 2.54. The highest BCUT2D eigenvalue weighted by Crippen LogP contribution is 2.41. The molecule has 3 fully saturated rings. The summed E-state index contributed by atoms with van der Waals surface area (Å²) in [7, 11) is 6.77. The molecule has 52 heavy (non-hydrogen) atoms. The fourth-order valence-electron chi connectivity index (χ4n) is 8.58. The van der Waals surface area contributed by atoms with Crippen LogP contribution in [0.2, 0.25) is 0 Å². The highest BCUT2D eigenvalue weighted by atomic mass is 16.7. The van der Waals surface area contributed by atoms with Crippen LogP contribution in [0.25, 0.3) is 0 Å². The van der Waals surface area contributed by atoms with Crippen molar-refractivity contribution in [3.05, 3.63) is 0 Å². The van der Waals surface area contributed by atoms with Crippen LogP contribution in [0.4, 0.5) is 0 Å². The number of likely N-dealkylation sites (N-methyl/N-ethyl adjacent to an activating group) is 1. The number of rotatable bonds is 8. The fraction of sp³-hybridized carbons (Fsp3) is 0.947. The predicted molar refractivity (Wildman–Crippen MR) is 191 cm³/mol. The normalized spacial score (nSPS) is 49.0. The third kappa shape index (κ3) is 9.38. The largest absolute Gasteiger partial charge is 0.459 e. The van der Waals surface area contributed by atoms with Crippen molar-refractivity contribution < 1.29 is 63.2 Å². The first-order chi connectivity index (χ1) is 24.0. The molecule has 3 saturated heterocycles. The van der Waals surface area contributed by atoms with Gasteiger partial charge < -0.3 is 58.5 Å². The number of Topliss-reactive ketones (excluding diaryl/α,β-unsaturated/α-hetero) is 1. The lowest BCUT2D eigenvalue weighted by Gasteiger charge is -2.50. The van der Waals surface area contributed by atoms with Gasteiger partial charge in [-0.25, -0.2) is 0 Å². The Balaban J connectivity index is 2.22. The van der Waals surface area contributed by atoms with Crippen molar-refractivity contribution in [1.82, 2.24) is 4.90 Å². The van der Waals surface area contributed by atoms with Crippen LogP contribution in [-0.4, -0.2) is 150 Å². The molecular formula is C38H69NO13.